The molecule has 7 nitrogen and oxygen atoms in total. The van der Waals surface area contributed by atoms with E-state index in [0.717, 1.165) is 11.1 Å². The van der Waals surface area contributed by atoms with Gasteiger partial charge in [0.05, 0.1) is 35.1 Å². The average Bonchev–Trinajstić information content (AvgIpc) is 3.47. The number of carbonyl (C=O) groups excluding carboxylic acids is 1. The van der Waals surface area contributed by atoms with Crippen LogP contribution in [0.4, 0.5) is 0 Å². The van der Waals surface area contributed by atoms with Gasteiger partial charge in [0.1, 0.15) is 17.3 Å². The van der Waals surface area contributed by atoms with Gasteiger partial charge in [-0.3, -0.25) is 9.36 Å². The number of benzene rings is 2. The van der Waals surface area contributed by atoms with E-state index in [-0.39, 0.29) is 11.7 Å². The number of aromatic nitrogens is 1. The number of hydrogen-bond acceptors (Lipinski definition) is 7. The van der Waals surface area contributed by atoms with Crippen molar-refractivity contribution in [2.45, 2.75) is 32.9 Å². The number of rotatable bonds is 6. The summed E-state index contributed by atoms with van der Waals surface area (Å²) >= 11 is 7.36. The Labute approximate surface area is 227 Å². The normalized spacial score (nSPS) is 15.4. The maximum Gasteiger partial charge on any atom is 0.338 e. The lowest BCUT2D eigenvalue weighted by Gasteiger charge is -2.25. The van der Waals surface area contributed by atoms with Crippen LogP contribution in [-0.2, 0) is 9.53 Å². The fraction of sp³-hybridized carbons (Fsp3) is 0.207. The van der Waals surface area contributed by atoms with Crippen LogP contribution in [0.15, 0.2) is 86.1 Å². The smallest absolute Gasteiger partial charge is 0.338 e. The molecule has 0 bridgehead atoms. The van der Waals surface area contributed by atoms with Gasteiger partial charge in [0, 0.05) is 16.7 Å². The lowest BCUT2D eigenvalue weighted by molar-refractivity contribution is -0.143. The SMILES string of the molecule is COc1ccc([C@@H]2C(C(=O)OC(C)C)=C(C)N=c3s/c(=C/c4ccc(-c5cccc(Cl)c5)o4)c(=O)n32)cc1. The van der Waals surface area contributed by atoms with Gasteiger partial charge in [0.2, 0.25) is 0 Å². The summed E-state index contributed by atoms with van der Waals surface area (Å²) in [4.78, 5) is 32.1. The first kappa shape index (κ1) is 25.8. The number of furan rings is 1. The molecule has 194 valence electrons. The topological polar surface area (TPSA) is 83.0 Å². The van der Waals surface area contributed by atoms with Gasteiger partial charge in [-0.05, 0) is 62.7 Å². The molecule has 0 amide bonds. The summed E-state index contributed by atoms with van der Waals surface area (Å²) in [5.74, 6) is 1.31. The summed E-state index contributed by atoms with van der Waals surface area (Å²) in [6.45, 7) is 5.33. The average molecular weight is 549 g/mol. The molecule has 0 fully saturated rings. The van der Waals surface area contributed by atoms with Gasteiger partial charge in [-0.25, -0.2) is 9.79 Å². The van der Waals surface area contributed by atoms with Crippen molar-refractivity contribution in [2.75, 3.05) is 7.11 Å². The minimum atomic E-state index is -0.704. The molecule has 0 saturated heterocycles. The third-order valence-electron chi connectivity index (χ3n) is 6.03. The Morgan fingerprint density at radius 3 is 2.61 bits per heavy atom. The number of esters is 1. The molecule has 1 aliphatic heterocycles. The monoisotopic (exact) mass is 548 g/mol. The maximum atomic E-state index is 13.8. The molecule has 4 aromatic rings. The fourth-order valence-corrected chi connectivity index (χ4v) is 5.54. The van der Waals surface area contributed by atoms with E-state index in [1.54, 1.807) is 62.8 Å². The van der Waals surface area contributed by atoms with Crippen molar-refractivity contribution < 1.29 is 18.7 Å². The molecule has 38 heavy (non-hydrogen) atoms. The molecule has 0 spiro atoms. The molecule has 0 unspecified atom stereocenters. The standard InChI is InChI=1S/C29H25ClN2O5S/c1-16(2)36-28(34)25-17(3)31-29-32(26(25)18-8-10-21(35-4)11-9-18)27(33)24(38-29)15-22-12-13-23(37-22)19-6-5-7-20(30)14-19/h5-16,26H,1-4H3/b24-15+/t26-/m1/s1. The zero-order chi connectivity index (χ0) is 27.0. The molecule has 0 aliphatic carbocycles. The van der Waals surface area contributed by atoms with E-state index >= 15 is 0 Å². The molecule has 5 rings (SSSR count). The van der Waals surface area contributed by atoms with Crippen molar-refractivity contribution in [2.24, 2.45) is 4.99 Å². The number of ether oxygens (including phenoxy) is 2. The third-order valence-corrected chi connectivity index (χ3v) is 7.24. The summed E-state index contributed by atoms with van der Waals surface area (Å²) in [6, 6.07) is 17.6. The summed E-state index contributed by atoms with van der Waals surface area (Å²) in [5, 5.41) is 0.606. The number of thiazole rings is 1. The highest BCUT2D eigenvalue weighted by atomic mass is 35.5. The van der Waals surface area contributed by atoms with E-state index in [2.05, 4.69) is 4.99 Å². The summed E-state index contributed by atoms with van der Waals surface area (Å²) in [6.07, 6.45) is 1.37. The van der Waals surface area contributed by atoms with Crippen LogP contribution >= 0.6 is 22.9 Å². The number of carbonyl (C=O) groups is 1. The zero-order valence-corrected chi connectivity index (χ0v) is 22.8. The first-order valence-corrected chi connectivity index (χ1v) is 13.2. The van der Waals surface area contributed by atoms with Gasteiger partial charge in [-0.1, -0.05) is 47.2 Å². The van der Waals surface area contributed by atoms with Crippen molar-refractivity contribution in [1.29, 1.82) is 0 Å². The van der Waals surface area contributed by atoms with E-state index in [0.29, 0.717) is 42.9 Å². The van der Waals surface area contributed by atoms with Gasteiger partial charge >= 0.3 is 5.97 Å². The lowest BCUT2D eigenvalue weighted by atomic mass is 9.96. The summed E-state index contributed by atoms with van der Waals surface area (Å²) in [5.41, 5.74) is 2.12. The van der Waals surface area contributed by atoms with E-state index in [4.69, 9.17) is 25.5 Å². The van der Waals surface area contributed by atoms with E-state index in [1.165, 1.54) is 11.3 Å². The van der Waals surface area contributed by atoms with Crippen LogP contribution in [-0.4, -0.2) is 23.8 Å². The predicted octanol–water partition coefficient (Wildman–Crippen LogP) is 5.11. The van der Waals surface area contributed by atoms with Crippen molar-refractivity contribution in [3.8, 4) is 17.1 Å². The van der Waals surface area contributed by atoms with Gasteiger partial charge < -0.3 is 13.9 Å². The highest BCUT2D eigenvalue weighted by Gasteiger charge is 2.33. The molecule has 1 aliphatic rings. The van der Waals surface area contributed by atoms with Gasteiger partial charge in [-0.15, -0.1) is 0 Å². The third kappa shape index (κ3) is 4.97. The van der Waals surface area contributed by atoms with E-state index in [1.807, 2.05) is 36.4 Å². The summed E-state index contributed by atoms with van der Waals surface area (Å²) in [7, 11) is 1.58. The first-order valence-electron chi connectivity index (χ1n) is 12.0. The maximum absolute atomic E-state index is 13.8. The van der Waals surface area contributed by atoms with Gasteiger partial charge in [0.15, 0.2) is 4.80 Å². The molecular weight excluding hydrogens is 524 g/mol. The van der Waals surface area contributed by atoms with Crippen molar-refractivity contribution in [1.82, 2.24) is 4.57 Å². The largest absolute Gasteiger partial charge is 0.497 e. The van der Waals surface area contributed by atoms with Gasteiger partial charge in [-0.2, -0.15) is 0 Å². The summed E-state index contributed by atoms with van der Waals surface area (Å²) < 4.78 is 18.8. The number of methoxy groups -OCH3 is 1. The Morgan fingerprint density at radius 1 is 1.16 bits per heavy atom. The lowest BCUT2D eigenvalue weighted by Crippen LogP contribution is -2.40. The van der Waals surface area contributed by atoms with Crippen LogP contribution in [0, 0.1) is 0 Å². The van der Waals surface area contributed by atoms with Crippen LogP contribution < -0.4 is 19.6 Å². The number of allylic oxidation sites excluding steroid dienone is 1. The van der Waals surface area contributed by atoms with E-state index in [9.17, 15) is 9.59 Å². The quantitative estimate of drug-likeness (QED) is 0.313. The Hall–Kier alpha value is -3.88. The fourth-order valence-electron chi connectivity index (χ4n) is 4.32. The highest BCUT2D eigenvalue weighted by molar-refractivity contribution is 7.07. The van der Waals surface area contributed by atoms with Crippen molar-refractivity contribution >= 4 is 35.0 Å². The molecule has 2 aromatic heterocycles. The minimum Gasteiger partial charge on any atom is -0.497 e. The molecule has 0 N–H and O–H groups in total. The van der Waals surface area contributed by atoms with Crippen LogP contribution in [0.5, 0.6) is 5.75 Å². The Kier molecular flexibility index (Phi) is 7.10. The zero-order valence-electron chi connectivity index (χ0n) is 21.2. The van der Waals surface area contributed by atoms with Crippen LogP contribution in [0.3, 0.4) is 0 Å². The van der Waals surface area contributed by atoms with Gasteiger partial charge in [0.25, 0.3) is 5.56 Å². The van der Waals surface area contributed by atoms with Crippen LogP contribution in [0.1, 0.15) is 38.1 Å². The molecule has 3 heterocycles. The van der Waals surface area contributed by atoms with E-state index < -0.39 is 12.0 Å². The number of hydrogen-bond donors (Lipinski definition) is 0. The number of fused-ring (bicyclic) bond motifs is 1. The van der Waals surface area contributed by atoms with Crippen LogP contribution in [0.2, 0.25) is 5.02 Å². The molecular formula is C29H25ClN2O5S. The molecule has 9 heteroatoms. The number of halogens is 1. The predicted molar refractivity (Wildman–Crippen MR) is 147 cm³/mol. The second-order valence-electron chi connectivity index (χ2n) is 9.02. The molecule has 2 aromatic carbocycles. The minimum absolute atomic E-state index is 0.280. The first-order chi connectivity index (χ1) is 18.2. The Bertz CT molecular complexity index is 1730. The van der Waals surface area contributed by atoms with Crippen molar-refractivity contribution in [3.05, 3.63) is 108 Å². The Balaban J connectivity index is 1.63. The Morgan fingerprint density at radius 2 is 1.92 bits per heavy atom. The molecule has 0 saturated carbocycles. The highest BCUT2D eigenvalue weighted by Crippen LogP contribution is 2.32. The number of nitrogens with zero attached hydrogens (tertiary/aromatic N) is 2. The molecule has 1 atom stereocenters. The second-order valence-corrected chi connectivity index (χ2v) is 10.5. The molecule has 0 radical (unpaired) electrons. The second kappa shape index (κ2) is 10.5. The van der Waals surface area contributed by atoms with Crippen molar-refractivity contribution in [3.63, 3.8) is 0 Å². The van der Waals surface area contributed by atoms with Crippen LogP contribution in [0.25, 0.3) is 17.4 Å².